The number of benzene rings is 3. The number of rotatable bonds is 6. The average Bonchev–Trinajstić information content (AvgIpc) is 3.71. The van der Waals surface area contributed by atoms with Crippen LogP contribution in [0.4, 0.5) is 0 Å². The van der Waals surface area contributed by atoms with E-state index in [-0.39, 0.29) is 23.1 Å². The Hall–Kier alpha value is -2.96. The number of allylic oxidation sites excluding steroid dienone is 7. The summed E-state index contributed by atoms with van der Waals surface area (Å²) in [6.07, 6.45) is 15.9. The molecule has 0 fully saturated rings. The molecule has 36 heavy (non-hydrogen) atoms. The Bertz CT molecular complexity index is 1210. The smallest absolute Gasteiger partial charge is 0.213 e. The molecule has 0 unspecified atom stereocenters. The van der Waals surface area contributed by atoms with Gasteiger partial charge in [0.25, 0.3) is 0 Å². The summed E-state index contributed by atoms with van der Waals surface area (Å²) in [6.45, 7) is 0.662. The van der Waals surface area contributed by atoms with Crippen LogP contribution in [0.25, 0.3) is 0 Å². The summed E-state index contributed by atoms with van der Waals surface area (Å²) in [5.41, 5.74) is 2.56. The van der Waals surface area contributed by atoms with Gasteiger partial charge < -0.3 is 4.74 Å². The fourth-order valence-electron chi connectivity index (χ4n) is 4.45. The van der Waals surface area contributed by atoms with Gasteiger partial charge in [0.05, 0.1) is 6.04 Å². The molecule has 0 bridgehead atoms. The zero-order valence-corrected chi connectivity index (χ0v) is 22.2. The van der Waals surface area contributed by atoms with E-state index in [9.17, 15) is 0 Å². The van der Waals surface area contributed by atoms with Gasteiger partial charge in [-0.15, -0.1) is 0 Å². The maximum absolute atomic E-state index is 6.14. The van der Waals surface area contributed by atoms with Crippen molar-refractivity contribution in [1.82, 2.24) is 0 Å². The number of aliphatic imine (C=N–C) groups is 1. The number of hydrogen-bond acceptors (Lipinski definition) is 2. The minimum atomic E-state index is -0.638. The van der Waals surface area contributed by atoms with Crippen molar-refractivity contribution in [2.45, 2.75) is 25.3 Å². The SMILES string of the molecule is C1=CC(P(c2ccccc2)c2ccccc2)=C(C2=N[C@@H](Cc3ccccc3)CO2)C1.C1=CCC=C1.[Fe]. The van der Waals surface area contributed by atoms with Crippen molar-refractivity contribution in [3.8, 4) is 0 Å². The van der Waals surface area contributed by atoms with Crippen molar-refractivity contribution in [3.05, 3.63) is 144 Å². The van der Waals surface area contributed by atoms with Crippen LogP contribution in [0.2, 0.25) is 0 Å². The van der Waals surface area contributed by atoms with E-state index in [1.165, 1.54) is 27.1 Å². The third-order valence-electron chi connectivity index (χ3n) is 6.12. The normalized spacial score (nSPS) is 17.5. The van der Waals surface area contributed by atoms with Crippen LogP contribution in [-0.2, 0) is 28.2 Å². The van der Waals surface area contributed by atoms with Crippen molar-refractivity contribution < 1.29 is 21.8 Å². The molecule has 1 heterocycles. The van der Waals surface area contributed by atoms with Crippen molar-refractivity contribution >= 4 is 24.4 Å². The summed E-state index contributed by atoms with van der Waals surface area (Å²) in [6, 6.07) is 32.4. The Kier molecular flexibility index (Phi) is 9.70. The minimum Gasteiger partial charge on any atom is -0.475 e. The van der Waals surface area contributed by atoms with Crippen LogP contribution in [0, 0.1) is 0 Å². The second-order valence-corrected chi connectivity index (χ2v) is 10.8. The zero-order chi connectivity index (χ0) is 23.7. The Morgan fingerprint density at radius 2 is 1.33 bits per heavy atom. The van der Waals surface area contributed by atoms with Crippen molar-refractivity contribution in [2.75, 3.05) is 6.61 Å². The Labute approximate surface area is 226 Å². The van der Waals surface area contributed by atoms with Crippen LogP contribution < -0.4 is 10.6 Å². The fraction of sp³-hybridized carbons (Fsp3) is 0.156. The first-order valence-corrected chi connectivity index (χ1v) is 13.6. The second kappa shape index (κ2) is 13.4. The Balaban J connectivity index is 0.000000455. The molecule has 6 rings (SSSR count). The summed E-state index contributed by atoms with van der Waals surface area (Å²) >= 11 is 0. The van der Waals surface area contributed by atoms with Crippen LogP contribution in [0.5, 0.6) is 0 Å². The molecule has 4 heteroatoms. The summed E-state index contributed by atoms with van der Waals surface area (Å²) in [5, 5.41) is 4.08. The molecule has 0 N–H and O–H groups in total. The molecule has 182 valence electrons. The monoisotopic (exact) mass is 531 g/mol. The average molecular weight is 531 g/mol. The van der Waals surface area contributed by atoms with Gasteiger partial charge in [0.2, 0.25) is 5.90 Å². The maximum atomic E-state index is 6.14. The van der Waals surface area contributed by atoms with Crippen LogP contribution in [-0.4, -0.2) is 18.5 Å². The van der Waals surface area contributed by atoms with Gasteiger partial charge in [0.1, 0.15) is 6.61 Å². The van der Waals surface area contributed by atoms with Crippen LogP contribution in [0.3, 0.4) is 0 Å². The molecular formula is C32H30FeNOP. The van der Waals surface area contributed by atoms with E-state index in [4.69, 9.17) is 9.73 Å². The molecular weight excluding hydrogens is 501 g/mol. The maximum Gasteiger partial charge on any atom is 0.213 e. The molecule has 0 saturated heterocycles. The van der Waals surface area contributed by atoms with Gasteiger partial charge in [0.15, 0.2) is 0 Å². The third kappa shape index (κ3) is 6.62. The van der Waals surface area contributed by atoms with E-state index in [0.717, 1.165) is 25.2 Å². The van der Waals surface area contributed by atoms with Gasteiger partial charge >= 0.3 is 0 Å². The van der Waals surface area contributed by atoms with Crippen LogP contribution in [0.1, 0.15) is 18.4 Å². The molecule has 3 aromatic rings. The Morgan fingerprint density at radius 1 is 0.750 bits per heavy atom. The minimum absolute atomic E-state index is 0. The van der Waals surface area contributed by atoms with Crippen LogP contribution >= 0.6 is 7.92 Å². The molecule has 0 aromatic heterocycles. The first-order chi connectivity index (χ1) is 17.4. The third-order valence-corrected chi connectivity index (χ3v) is 8.65. The number of hydrogen-bond donors (Lipinski definition) is 0. The van der Waals surface area contributed by atoms with E-state index < -0.39 is 7.92 Å². The molecule has 0 spiro atoms. The first kappa shape index (κ1) is 26.1. The molecule has 2 aliphatic carbocycles. The molecule has 1 atom stereocenters. The van der Waals surface area contributed by atoms with Gasteiger partial charge in [0, 0.05) is 22.6 Å². The van der Waals surface area contributed by atoms with Gasteiger partial charge in [-0.25, -0.2) is 4.99 Å². The van der Waals surface area contributed by atoms with Gasteiger partial charge in [-0.1, -0.05) is 127 Å². The number of ether oxygens (including phenoxy) is 1. The van der Waals surface area contributed by atoms with Crippen molar-refractivity contribution in [3.63, 3.8) is 0 Å². The van der Waals surface area contributed by atoms with E-state index in [1.807, 2.05) is 0 Å². The summed E-state index contributed by atoms with van der Waals surface area (Å²) in [5.74, 6) is 0.843. The van der Waals surface area contributed by atoms with Crippen molar-refractivity contribution in [2.24, 2.45) is 4.99 Å². The molecule has 3 aromatic carbocycles. The molecule has 3 aliphatic rings. The largest absolute Gasteiger partial charge is 0.475 e. The van der Waals surface area contributed by atoms with E-state index in [0.29, 0.717) is 6.61 Å². The van der Waals surface area contributed by atoms with E-state index in [2.05, 4.69) is 127 Å². The first-order valence-electron chi connectivity index (χ1n) is 12.2. The second-order valence-electron chi connectivity index (χ2n) is 8.66. The molecule has 0 amide bonds. The predicted molar refractivity (Wildman–Crippen MR) is 150 cm³/mol. The quantitative estimate of drug-likeness (QED) is 0.251. The van der Waals surface area contributed by atoms with Crippen LogP contribution in [0.15, 0.2) is 143 Å². The fourth-order valence-corrected chi connectivity index (χ4v) is 6.95. The zero-order valence-electron chi connectivity index (χ0n) is 20.2. The molecule has 0 saturated carbocycles. The molecule has 0 radical (unpaired) electrons. The Morgan fingerprint density at radius 3 is 1.89 bits per heavy atom. The summed E-state index contributed by atoms with van der Waals surface area (Å²) < 4.78 is 6.14. The van der Waals surface area contributed by atoms with E-state index in [1.54, 1.807) is 0 Å². The number of nitrogens with zero attached hydrogens (tertiary/aromatic N) is 1. The van der Waals surface area contributed by atoms with E-state index >= 15 is 0 Å². The van der Waals surface area contributed by atoms with Gasteiger partial charge in [-0.3, -0.25) is 0 Å². The topological polar surface area (TPSA) is 21.6 Å². The van der Waals surface area contributed by atoms with Gasteiger partial charge in [-0.2, -0.15) is 0 Å². The standard InChI is InChI=1S/C27H24NOP.C5H6.Fe/c1-4-11-21(12-5-1)19-22-20-29-27(28-22)25-17-10-18-26(25)30(23-13-6-2-7-14-23)24-15-8-3-9-16-24;1-2-4-5-3-1;/h1-16,18,22H,17,19-20H2;1-4H,5H2;/t22-;;/m0../s1. The molecule has 2 nitrogen and oxygen atoms in total. The molecule has 1 aliphatic heterocycles. The predicted octanol–water partition coefficient (Wildman–Crippen LogP) is 6.87. The van der Waals surface area contributed by atoms with Gasteiger partial charge in [-0.05, 0) is 48.7 Å². The van der Waals surface area contributed by atoms with Crippen molar-refractivity contribution in [1.29, 1.82) is 0 Å². The summed E-state index contributed by atoms with van der Waals surface area (Å²) in [4.78, 5) is 4.99. The summed E-state index contributed by atoms with van der Waals surface area (Å²) in [7, 11) is -0.638.